The van der Waals surface area contributed by atoms with E-state index >= 15 is 0 Å². The molecule has 3 amide bonds. The van der Waals surface area contributed by atoms with Gasteiger partial charge in [0, 0.05) is 56.6 Å². The van der Waals surface area contributed by atoms with Crippen molar-refractivity contribution in [2.45, 2.75) is 63.7 Å². The van der Waals surface area contributed by atoms with Crippen LogP contribution in [-0.2, 0) is 11.3 Å². The second-order valence-electron chi connectivity index (χ2n) is 10.8. The number of rotatable bonds is 6. The molecule has 6 N–H and O–H groups in total. The van der Waals surface area contributed by atoms with Gasteiger partial charge in [-0.3, -0.25) is 14.7 Å². The van der Waals surface area contributed by atoms with Crippen LogP contribution in [0.2, 0.25) is 0 Å². The first-order valence-electron chi connectivity index (χ1n) is 13.1. The van der Waals surface area contributed by atoms with Crippen LogP contribution in [0.25, 0.3) is 5.69 Å². The van der Waals surface area contributed by atoms with Gasteiger partial charge in [-0.2, -0.15) is 4.98 Å². The van der Waals surface area contributed by atoms with E-state index in [1.165, 1.54) is 17.2 Å². The maximum Gasteiger partial charge on any atom is 0.354 e. The monoisotopic (exact) mass is 546 g/mol. The molecule has 0 radical (unpaired) electrons. The third-order valence-electron chi connectivity index (χ3n) is 7.19. The van der Waals surface area contributed by atoms with E-state index < -0.39 is 28.9 Å². The number of hydrogen-bond acceptors (Lipinski definition) is 7. The Bertz CT molecular complexity index is 1240. The minimum atomic E-state index is -0.995. The summed E-state index contributed by atoms with van der Waals surface area (Å²) in [4.78, 5) is 44.6. The van der Waals surface area contributed by atoms with Gasteiger partial charge in [-0.05, 0) is 57.7 Å². The smallest absolute Gasteiger partial charge is 0.338 e. The molecule has 4 rings (SSSR count). The van der Waals surface area contributed by atoms with Crippen molar-refractivity contribution in [2.75, 3.05) is 31.5 Å². The quantitative estimate of drug-likeness (QED) is 0.426. The Kier molecular flexibility index (Phi) is 8.62. The summed E-state index contributed by atoms with van der Waals surface area (Å²) in [5.74, 6) is -1.74. The summed E-state index contributed by atoms with van der Waals surface area (Å²) >= 11 is 0. The summed E-state index contributed by atoms with van der Waals surface area (Å²) in [7, 11) is 0. The molecule has 11 nitrogen and oxygen atoms in total. The number of nitrogens with zero attached hydrogens (tertiary/aromatic N) is 4. The second-order valence-corrected chi connectivity index (χ2v) is 10.8. The largest absolute Gasteiger partial charge is 0.354 e. The van der Waals surface area contributed by atoms with Gasteiger partial charge in [0.2, 0.25) is 5.91 Å². The van der Waals surface area contributed by atoms with Crippen LogP contribution in [0.1, 0.15) is 45.1 Å². The number of hydrogen-bond donors (Lipinski definition) is 4. The van der Waals surface area contributed by atoms with Crippen LogP contribution in [0.5, 0.6) is 0 Å². The van der Waals surface area contributed by atoms with Gasteiger partial charge in [0.05, 0.1) is 11.2 Å². The number of piperazine rings is 1. The zero-order chi connectivity index (χ0) is 28.3. The number of carbonyl (C=O) groups is 2. The summed E-state index contributed by atoms with van der Waals surface area (Å²) in [5, 5.41) is 5.75. The number of nitrogens with two attached hydrogens (primary N) is 2. The van der Waals surface area contributed by atoms with E-state index in [0.29, 0.717) is 26.2 Å². The van der Waals surface area contributed by atoms with Crippen molar-refractivity contribution in [2.24, 2.45) is 11.5 Å². The Morgan fingerprint density at radius 3 is 2.21 bits per heavy atom. The molecule has 0 spiro atoms. The molecular formula is C26H36F2N8O3. The highest BCUT2D eigenvalue weighted by atomic mass is 19.1. The number of anilines is 1. The van der Waals surface area contributed by atoms with Crippen LogP contribution < -0.4 is 27.8 Å². The van der Waals surface area contributed by atoms with Crippen LogP contribution in [0, 0.1) is 11.6 Å². The third kappa shape index (κ3) is 6.97. The number of halogens is 2. The lowest BCUT2D eigenvalue weighted by atomic mass is 9.92. The van der Waals surface area contributed by atoms with Gasteiger partial charge in [0.25, 0.3) is 0 Å². The van der Waals surface area contributed by atoms with E-state index in [0.717, 1.165) is 42.4 Å². The summed E-state index contributed by atoms with van der Waals surface area (Å²) in [6, 6.07) is 3.40. The molecule has 0 bridgehead atoms. The van der Waals surface area contributed by atoms with Crippen molar-refractivity contribution in [1.82, 2.24) is 24.7 Å². The fourth-order valence-corrected chi connectivity index (χ4v) is 4.85. The molecule has 1 saturated heterocycles. The van der Waals surface area contributed by atoms with Crippen molar-refractivity contribution in [3.05, 3.63) is 52.1 Å². The first-order valence-corrected chi connectivity index (χ1v) is 13.1. The normalized spacial score (nSPS) is 20.2. The van der Waals surface area contributed by atoms with Gasteiger partial charge in [-0.15, -0.1) is 0 Å². The van der Waals surface area contributed by atoms with Crippen LogP contribution >= 0.6 is 0 Å². The topological polar surface area (TPSA) is 152 Å². The van der Waals surface area contributed by atoms with Crippen molar-refractivity contribution in [3.8, 4) is 5.69 Å². The number of benzene rings is 1. The van der Waals surface area contributed by atoms with E-state index in [1.54, 1.807) is 18.7 Å². The summed E-state index contributed by atoms with van der Waals surface area (Å²) < 4.78 is 30.6. The van der Waals surface area contributed by atoms with Gasteiger partial charge >= 0.3 is 11.7 Å². The van der Waals surface area contributed by atoms with Crippen molar-refractivity contribution < 1.29 is 18.4 Å². The van der Waals surface area contributed by atoms with Gasteiger partial charge < -0.3 is 26.6 Å². The van der Waals surface area contributed by atoms with Crippen molar-refractivity contribution in [3.63, 3.8) is 0 Å². The molecule has 39 heavy (non-hydrogen) atoms. The highest BCUT2D eigenvalue weighted by Crippen LogP contribution is 2.21. The molecule has 2 heterocycles. The lowest BCUT2D eigenvalue weighted by molar-refractivity contribution is -0.137. The molecule has 1 aromatic heterocycles. The molecule has 0 unspecified atom stereocenters. The standard InChI is InChI=1S/C26H36F2N8O3/c1-26(2,30)23(37)34-9-11-35(12-10-34)24(38)32-22-7-8-36(25(39)33-22)18-13-20(27)19(21(28)14-18)15-31-17-5-3-16(29)4-6-17/h7-8,13-14,16-17,31H,3-6,9-12,15,29-30H2,1-2H3,(H,32,33,38,39)/t16-,17-. The minimum Gasteiger partial charge on any atom is -0.338 e. The molecule has 2 aliphatic rings. The molecule has 1 aromatic carbocycles. The molecule has 1 saturated carbocycles. The number of carbonyl (C=O) groups excluding carboxylic acids is 2. The third-order valence-corrected chi connectivity index (χ3v) is 7.19. The van der Waals surface area contributed by atoms with Crippen LogP contribution in [0.3, 0.4) is 0 Å². The maximum absolute atomic E-state index is 14.8. The number of amides is 3. The SMILES string of the molecule is CC(C)(N)C(=O)N1CCN(C(=O)Nc2ccn(-c3cc(F)c(CN[C@H]4CC[C@H](N)CC4)c(F)c3)c(=O)n2)CC1. The summed E-state index contributed by atoms with van der Waals surface area (Å²) in [6.07, 6.45) is 4.75. The van der Waals surface area contributed by atoms with E-state index in [4.69, 9.17) is 11.5 Å². The highest BCUT2D eigenvalue weighted by Gasteiger charge is 2.31. The van der Waals surface area contributed by atoms with E-state index in [-0.39, 0.29) is 41.6 Å². The van der Waals surface area contributed by atoms with Gasteiger partial charge in [-0.25, -0.2) is 18.4 Å². The maximum atomic E-state index is 14.8. The molecule has 212 valence electrons. The van der Waals surface area contributed by atoms with E-state index in [1.807, 2.05) is 0 Å². The predicted molar refractivity (Wildman–Crippen MR) is 142 cm³/mol. The average molecular weight is 547 g/mol. The Labute approximate surface area is 225 Å². The van der Waals surface area contributed by atoms with E-state index in [9.17, 15) is 23.2 Å². The van der Waals surface area contributed by atoms with Crippen molar-refractivity contribution in [1.29, 1.82) is 0 Å². The molecule has 0 atom stereocenters. The number of aromatic nitrogens is 2. The van der Waals surface area contributed by atoms with E-state index in [2.05, 4.69) is 15.6 Å². The minimum absolute atomic E-state index is 0.00295. The van der Waals surface area contributed by atoms with Gasteiger partial charge in [-0.1, -0.05) is 0 Å². The Morgan fingerprint density at radius 2 is 1.64 bits per heavy atom. The molecule has 13 heteroatoms. The second kappa shape index (κ2) is 11.8. The number of urea groups is 1. The van der Waals surface area contributed by atoms with Crippen molar-refractivity contribution >= 4 is 17.8 Å². The Hall–Kier alpha value is -3.42. The number of nitrogens with one attached hydrogen (secondary N) is 2. The fourth-order valence-electron chi connectivity index (χ4n) is 4.85. The molecular weight excluding hydrogens is 510 g/mol. The fraction of sp³-hybridized carbons (Fsp3) is 0.538. The summed E-state index contributed by atoms with van der Waals surface area (Å²) in [5.41, 5.74) is 9.86. The Morgan fingerprint density at radius 1 is 1.05 bits per heavy atom. The van der Waals surface area contributed by atoms with Crippen LogP contribution in [0.4, 0.5) is 19.4 Å². The molecule has 2 fully saturated rings. The zero-order valence-electron chi connectivity index (χ0n) is 22.3. The highest BCUT2D eigenvalue weighted by molar-refractivity contribution is 5.89. The average Bonchev–Trinajstić information content (AvgIpc) is 2.88. The Balaban J connectivity index is 1.37. The summed E-state index contributed by atoms with van der Waals surface area (Å²) in [6.45, 7) is 4.54. The molecule has 2 aromatic rings. The predicted octanol–water partition coefficient (Wildman–Crippen LogP) is 1.28. The molecule has 1 aliphatic carbocycles. The van der Waals surface area contributed by atoms with Crippen LogP contribution in [-0.4, -0.2) is 75.1 Å². The van der Waals surface area contributed by atoms with Gasteiger partial charge in [0.1, 0.15) is 17.5 Å². The molecule has 1 aliphatic heterocycles. The lowest BCUT2D eigenvalue weighted by Gasteiger charge is -2.37. The first kappa shape index (κ1) is 28.6. The van der Waals surface area contributed by atoms with Gasteiger partial charge in [0.15, 0.2) is 0 Å². The zero-order valence-corrected chi connectivity index (χ0v) is 22.3. The lowest BCUT2D eigenvalue weighted by Crippen LogP contribution is -2.58. The first-order chi connectivity index (χ1) is 18.4. The van der Waals surface area contributed by atoms with Crippen LogP contribution in [0.15, 0.2) is 29.2 Å².